The zero-order chi connectivity index (χ0) is 23.9. The zero-order valence-electron chi connectivity index (χ0n) is 19.4. The van der Waals surface area contributed by atoms with Gasteiger partial charge in [-0.05, 0) is 67.0 Å². The monoisotopic (exact) mass is 456 g/mol. The molecule has 2 aromatic rings. The molecule has 0 bridgehead atoms. The van der Waals surface area contributed by atoms with E-state index < -0.39 is 5.91 Å². The van der Waals surface area contributed by atoms with Gasteiger partial charge in [0, 0.05) is 5.56 Å². The summed E-state index contributed by atoms with van der Waals surface area (Å²) in [4.78, 5) is 29.1. The molecule has 2 unspecified atom stereocenters. The highest BCUT2D eigenvalue weighted by Crippen LogP contribution is 2.21. The minimum Gasteiger partial charge on any atom is -0.494 e. The molecular weight excluding hydrogens is 428 g/mol. The summed E-state index contributed by atoms with van der Waals surface area (Å²) in [5, 5.41) is 3.02. The van der Waals surface area contributed by atoms with Crippen LogP contribution in [-0.4, -0.2) is 30.2 Å². The second-order valence-corrected chi connectivity index (χ2v) is 8.22. The number of rotatable bonds is 8. The van der Waals surface area contributed by atoms with Gasteiger partial charge in [0.2, 0.25) is 0 Å². The van der Waals surface area contributed by atoms with Crippen molar-refractivity contribution in [2.24, 2.45) is 4.99 Å². The van der Waals surface area contributed by atoms with Crippen LogP contribution in [0.3, 0.4) is 0 Å². The Hall–Kier alpha value is -3.93. The lowest BCUT2D eigenvalue weighted by atomic mass is 10.1. The fourth-order valence-electron chi connectivity index (χ4n) is 3.60. The third kappa shape index (κ3) is 5.70. The van der Waals surface area contributed by atoms with E-state index in [4.69, 9.17) is 9.47 Å². The molecule has 6 nitrogen and oxygen atoms in total. The van der Waals surface area contributed by atoms with Gasteiger partial charge >= 0.3 is 5.91 Å². The third-order valence-electron chi connectivity index (χ3n) is 5.62. The van der Waals surface area contributed by atoms with Gasteiger partial charge in [-0.25, -0.2) is 4.99 Å². The molecule has 1 heterocycles. The highest BCUT2D eigenvalue weighted by Gasteiger charge is 2.26. The van der Waals surface area contributed by atoms with E-state index in [1.54, 1.807) is 36.4 Å². The number of nitrogens with zero attached hydrogens (tertiary/aromatic N) is 1. The highest BCUT2D eigenvalue weighted by molar-refractivity contribution is 6.13. The van der Waals surface area contributed by atoms with Crippen molar-refractivity contribution < 1.29 is 19.1 Å². The molecule has 1 aliphatic carbocycles. The van der Waals surface area contributed by atoms with Crippen LogP contribution < -0.4 is 10.1 Å². The topological polar surface area (TPSA) is 77.0 Å². The Kier molecular flexibility index (Phi) is 7.38. The maximum atomic E-state index is 12.7. The van der Waals surface area contributed by atoms with Crippen molar-refractivity contribution >= 4 is 23.6 Å². The molecule has 2 aliphatic rings. The van der Waals surface area contributed by atoms with E-state index in [1.165, 1.54) is 0 Å². The molecule has 1 aliphatic heterocycles. The van der Waals surface area contributed by atoms with E-state index >= 15 is 0 Å². The molecule has 2 aromatic carbocycles. The Balaban J connectivity index is 1.36. The van der Waals surface area contributed by atoms with E-state index in [0.717, 1.165) is 29.7 Å². The maximum absolute atomic E-state index is 12.7. The van der Waals surface area contributed by atoms with Crippen LogP contribution in [0.4, 0.5) is 0 Å². The summed E-state index contributed by atoms with van der Waals surface area (Å²) < 4.78 is 11.5. The summed E-state index contributed by atoms with van der Waals surface area (Å²) in [6.07, 6.45) is 10.7. The Morgan fingerprint density at radius 3 is 2.65 bits per heavy atom. The molecule has 0 saturated carbocycles. The summed E-state index contributed by atoms with van der Waals surface area (Å²) in [6, 6.07) is 14.6. The smallest absolute Gasteiger partial charge is 0.312 e. The first-order valence-electron chi connectivity index (χ1n) is 11.5. The molecule has 6 heteroatoms. The highest BCUT2D eigenvalue weighted by atomic mass is 16.5. The van der Waals surface area contributed by atoms with Crippen molar-refractivity contribution in [2.45, 2.75) is 38.8 Å². The molecule has 2 atom stereocenters. The lowest BCUT2D eigenvalue weighted by Crippen LogP contribution is -2.29. The molecule has 0 fully saturated rings. The summed E-state index contributed by atoms with van der Waals surface area (Å²) in [5.74, 6) is 0.428. The number of fused-ring (bicyclic) bond motifs is 1. The van der Waals surface area contributed by atoms with E-state index in [2.05, 4.69) is 17.2 Å². The van der Waals surface area contributed by atoms with Gasteiger partial charge in [0.05, 0.1) is 18.4 Å². The number of carbonyl (C=O) groups excluding carboxylic acids is 2. The van der Waals surface area contributed by atoms with Crippen LogP contribution in [-0.2, 0) is 9.53 Å². The number of hydrogen-bond donors (Lipinski definition) is 1. The molecule has 0 saturated heterocycles. The average molecular weight is 457 g/mol. The van der Waals surface area contributed by atoms with Gasteiger partial charge in [0.25, 0.3) is 5.91 Å². The predicted molar refractivity (Wildman–Crippen MR) is 133 cm³/mol. The number of hydrogen-bond acceptors (Lipinski definition) is 4. The number of benzene rings is 2. The first kappa shape index (κ1) is 23.2. The lowest BCUT2D eigenvalue weighted by Gasteiger charge is -2.22. The number of aliphatic imine (C=N–C) groups is 1. The van der Waals surface area contributed by atoms with Crippen LogP contribution in [0.5, 0.6) is 5.75 Å². The minimum atomic E-state index is -0.413. The number of amides is 2. The van der Waals surface area contributed by atoms with E-state index in [-0.39, 0.29) is 23.8 Å². The fourth-order valence-corrected chi connectivity index (χ4v) is 3.60. The number of allylic oxidation sites excluding steroid dienone is 2. The van der Waals surface area contributed by atoms with Crippen molar-refractivity contribution in [2.75, 3.05) is 6.61 Å². The van der Waals surface area contributed by atoms with Crippen molar-refractivity contribution in [3.63, 3.8) is 0 Å². The van der Waals surface area contributed by atoms with Crippen LogP contribution in [0.25, 0.3) is 6.08 Å². The van der Waals surface area contributed by atoms with Crippen LogP contribution in [0, 0.1) is 0 Å². The maximum Gasteiger partial charge on any atom is 0.312 e. The van der Waals surface area contributed by atoms with Gasteiger partial charge in [0.1, 0.15) is 5.75 Å². The number of carbonyl (C=O) groups is 2. The average Bonchev–Trinajstić information content (AvgIpc) is 2.85. The van der Waals surface area contributed by atoms with E-state index in [9.17, 15) is 9.59 Å². The van der Waals surface area contributed by atoms with Crippen molar-refractivity contribution in [3.05, 3.63) is 95.3 Å². The van der Waals surface area contributed by atoms with Crippen molar-refractivity contribution in [3.8, 4) is 5.75 Å². The van der Waals surface area contributed by atoms with Gasteiger partial charge in [-0.2, -0.15) is 0 Å². The molecule has 0 spiro atoms. The van der Waals surface area contributed by atoms with Crippen LogP contribution in [0.2, 0.25) is 0 Å². The summed E-state index contributed by atoms with van der Waals surface area (Å²) in [6.45, 7) is 4.78. The molecule has 34 heavy (non-hydrogen) atoms. The fraction of sp³-hybridized carbons (Fsp3) is 0.250. The van der Waals surface area contributed by atoms with Crippen molar-refractivity contribution in [1.82, 2.24) is 5.32 Å². The van der Waals surface area contributed by atoms with Crippen LogP contribution >= 0.6 is 0 Å². The van der Waals surface area contributed by atoms with E-state index in [1.807, 2.05) is 49.4 Å². The number of nitrogens with one attached hydrogen (secondary N) is 1. The zero-order valence-corrected chi connectivity index (χ0v) is 19.4. The lowest BCUT2D eigenvalue weighted by molar-refractivity contribution is -0.118. The largest absolute Gasteiger partial charge is 0.494 e. The molecule has 0 aromatic heterocycles. The molecule has 0 radical (unpaired) electrons. The van der Waals surface area contributed by atoms with E-state index in [0.29, 0.717) is 17.9 Å². The predicted octanol–water partition coefficient (Wildman–Crippen LogP) is 5.19. The summed E-state index contributed by atoms with van der Waals surface area (Å²) >= 11 is 0. The first-order chi connectivity index (χ1) is 16.5. The molecule has 174 valence electrons. The Morgan fingerprint density at radius 1 is 1.15 bits per heavy atom. The number of ether oxygens (including phenoxy) is 2. The quantitative estimate of drug-likeness (QED) is 0.438. The van der Waals surface area contributed by atoms with Gasteiger partial charge in [-0.15, -0.1) is 0 Å². The van der Waals surface area contributed by atoms with Gasteiger partial charge in [-0.1, -0.05) is 49.8 Å². The van der Waals surface area contributed by atoms with Gasteiger partial charge in [0.15, 0.2) is 11.9 Å². The first-order valence-corrected chi connectivity index (χ1v) is 11.5. The van der Waals surface area contributed by atoms with Crippen LogP contribution in [0.15, 0.2) is 83.6 Å². The minimum absolute atomic E-state index is 0.156. The molecule has 4 rings (SSSR count). The Labute approximate surface area is 199 Å². The normalized spacial score (nSPS) is 18.6. The molecular formula is C28H28N2O4. The van der Waals surface area contributed by atoms with Gasteiger partial charge in [-0.3, -0.25) is 9.59 Å². The standard InChI is InChI=1S/C28H28N2O4/c1-3-4-17-33-23-15-13-21(14-16-23)19(2)29-27(31)22-11-9-20(10-12-22)18-26-28(32)30-24-7-5-6-8-25(24)34-26/h5-16,18-19,25H,3-4,17H2,1-2H3,(H,29,31)/b26-18-. The number of unbranched alkanes of at least 4 members (excludes halogenated alkanes) is 1. The van der Waals surface area contributed by atoms with Crippen molar-refractivity contribution in [1.29, 1.82) is 0 Å². The third-order valence-corrected chi connectivity index (χ3v) is 5.62. The SMILES string of the molecule is CCCCOc1ccc(C(C)NC(=O)c2ccc(/C=C3\OC4C=CC=CC4=NC3=O)cc2)cc1. The second-order valence-electron chi connectivity index (χ2n) is 8.22. The second kappa shape index (κ2) is 10.8. The summed E-state index contributed by atoms with van der Waals surface area (Å²) in [7, 11) is 0. The van der Waals surface area contributed by atoms with Gasteiger partial charge < -0.3 is 14.8 Å². The summed E-state index contributed by atoms with van der Waals surface area (Å²) in [5.41, 5.74) is 2.88. The van der Waals surface area contributed by atoms with Crippen LogP contribution in [0.1, 0.15) is 54.2 Å². The Bertz CT molecular complexity index is 1160. The molecule has 1 N–H and O–H groups in total. The Morgan fingerprint density at radius 2 is 1.91 bits per heavy atom. The molecule has 2 amide bonds.